The number of rotatable bonds is 2. The van der Waals surface area contributed by atoms with Gasteiger partial charge in [0.15, 0.2) is 0 Å². The molecule has 3 rings (SSSR count). The van der Waals surface area contributed by atoms with Crippen molar-refractivity contribution >= 4 is 11.9 Å². The van der Waals surface area contributed by atoms with Crippen molar-refractivity contribution < 1.29 is 10.0 Å². The van der Waals surface area contributed by atoms with Crippen molar-refractivity contribution in [2.45, 2.75) is 44.8 Å². The Kier molecular flexibility index (Phi) is 3.33. The average Bonchev–Trinajstić information content (AvgIpc) is 3.06. The topological polar surface area (TPSA) is 81.6 Å². The first-order chi connectivity index (χ1) is 9.90. The lowest BCUT2D eigenvalue weighted by molar-refractivity contribution is 0.0705. The summed E-state index contributed by atoms with van der Waals surface area (Å²) < 4.78 is 0. The third kappa shape index (κ3) is 2.47. The second-order valence-electron chi connectivity index (χ2n) is 6.73. The Morgan fingerprint density at radius 2 is 1.95 bits per heavy atom. The van der Waals surface area contributed by atoms with Crippen LogP contribution in [0.3, 0.4) is 0 Å². The van der Waals surface area contributed by atoms with E-state index in [0.717, 1.165) is 19.5 Å². The number of nitrogens with one attached hydrogen (secondary N) is 1. The maximum atomic E-state index is 11.3. The number of anilines is 1. The van der Waals surface area contributed by atoms with E-state index in [-0.39, 0.29) is 11.1 Å². The standard InChI is InChI=1S/C14H21N5O2/c1-14(2,3)19-8-10-4-11(19)7-18(10)13-15-5-9(6-16-13)12(20)17-21/h5-6,10-11,21H,4,7-8H2,1-3H3,(H,17,20)/t10-,11-/m0/s1. The normalized spacial score (nSPS) is 25.4. The summed E-state index contributed by atoms with van der Waals surface area (Å²) in [6.45, 7) is 8.69. The molecule has 3 heterocycles. The molecule has 1 amide bonds. The lowest BCUT2D eigenvalue weighted by Crippen LogP contribution is -2.53. The van der Waals surface area contributed by atoms with Crippen LogP contribution in [0.2, 0.25) is 0 Å². The van der Waals surface area contributed by atoms with Crippen LogP contribution in [0.1, 0.15) is 37.6 Å². The van der Waals surface area contributed by atoms with Gasteiger partial charge in [0.05, 0.1) is 5.56 Å². The Labute approximate surface area is 123 Å². The van der Waals surface area contributed by atoms with Gasteiger partial charge in [0.2, 0.25) is 5.95 Å². The number of nitrogens with zero attached hydrogens (tertiary/aromatic N) is 4. The van der Waals surface area contributed by atoms with Crippen molar-refractivity contribution in [3.05, 3.63) is 18.0 Å². The zero-order chi connectivity index (χ0) is 15.2. The van der Waals surface area contributed by atoms with Crippen LogP contribution in [0.5, 0.6) is 0 Å². The van der Waals surface area contributed by atoms with Crippen LogP contribution < -0.4 is 10.4 Å². The Morgan fingerprint density at radius 1 is 1.29 bits per heavy atom. The molecule has 0 aromatic carbocycles. The maximum absolute atomic E-state index is 11.3. The highest BCUT2D eigenvalue weighted by atomic mass is 16.5. The predicted molar refractivity (Wildman–Crippen MR) is 77.3 cm³/mol. The van der Waals surface area contributed by atoms with Crippen LogP contribution in [-0.2, 0) is 0 Å². The molecule has 2 aliphatic heterocycles. The molecular formula is C14H21N5O2. The van der Waals surface area contributed by atoms with Crippen LogP contribution in [0.25, 0.3) is 0 Å². The highest BCUT2D eigenvalue weighted by Crippen LogP contribution is 2.36. The first kappa shape index (κ1) is 14.2. The van der Waals surface area contributed by atoms with Crippen LogP contribution >= 0.6 is 0 Å². The quantitative estimate of drug-likeness (QED) is 0.615. The molecule has 2 bridgehead atoms. The lowest BCUT2D eigenvalue weighted by Gasteiger charge is -2.42. The fraction of sp³-hybridized carbons (Fsp3) is 0.643. The Hall–Kier alpha value is -1.73. The van der Waals surface area contributed by atoms with Crippen LogP contribution in [0.4, 0.5) is 5.95 Å². The number of carbonyl (C=O) groups is 1. The molecule has 7 nitrogen and oxygen atoms in total. The summed E-state index contributed by atoms with van der Waals surface area (Å²) in [6.07, 6.45) is 4.03. The van der Waals surface area contributed by atoms with Gasteiger partial charge < -0.3 is 4.90 Å². The highest BCUT2D eigenvalue weighted by molar-refractivity contribution is 5.92. The number of hydrogen-bond donors (Lipinski definition) is 2. The molecule has 2 saturated heterocycles. The Morgan fingerprint density at radius 3 is 2.43 bits per heavy atom. The number of hydroxylamine groups is 1. The fourth-order valence-electron chi connectivity index (χ4n) is 3.38. The van der Waals surface area contributed by atoms with Crippen molar-refractivity contribution in [2.24, 2.45) is 0 Å². The van der Waals surface area contributed by atoms with E-state index in [9.17, 15) is 4.79 Å². The molecule has 2 aliphatic rings. The monoisotopic (exact) mass is 291 g/mol. The molecule has 0 aliphatic carbocycles. The van der Waals surface area contributed by atoms with Gasteiger partial charge in [-0.3, -0.25) is 14.9 Å². The SMILES string of the molecule is CC(C)(C)N1C[C@@H]2C[C@H]1CN2c1ncc(C(=O)NO)cn1. The van der Waals surface area contributed by atoms with E-state index in [0.29, 0.717) is 18.0 Å². The van der Waals surface area contributed by atoms with Gasteiger partial charge in [-0.15, -0.1) is 0 Å². The van der Waals surface area contributed by atoms with Gasteiger partial charge >= 0.3 is 0 Å². The maximum Gasteiger partial charge on any atom is 0.277 e. The average molecular weight is 291 g/mol. The highest BCUT2D eigenvalue weighted by Gasteiger charge is 2.47. The number of hydrogen-bond acceptors (Lipinski definition) is 6. The second-order valence-corrected chi connectivity index (χ2v) is 6.73. The Balaban J connectivity index is 1.72. The molecule has 7 heteroatoms. The smallest absolute Gasteiger partial charge is 0.277 e. The molecule has 2 atom stereocenters. The minimum atomic E-state index is -0.594. The van der Waals surface area contributed by atoms with Gasteiger partial charge in [-0.2, -0.15) is 0 Å². The third-order valence-electron chi connectivity index (χ3n) is 4.36. The summed E-state index contributed by atoms with van der Waals surface area (Å²) in [5.74, 6) is 0.0638. The summed E-state index contributed by atoms with van der Waals surface area (Å²) >= 11 is 0. The first-order valence-electron chi connectivity index (χ1n) is 7.20. The van der Waals surface area contributed by atoms with E-state index in [1.807, 2.05) is 0 Å². The Bertz CT molecular complexity index is 539. The van der Waals surface area contributed by atoms with Crippen molar-refractivity contribution in [3.8, 4) is 0 Å². The van der Waals surface area contributed by atoms with E-state index in [1.54, 1.807) is 5.48 Å². The number of aromatic nitrogens is 2. The molecule has 114 valence electrons. The summed E-state index contributed by atoms with van der Waals surface area (Å²) in [4.78, 5) is 24.5. The molecule has 0 spiro atoms. The van der Waals surface area contributed by atoms with Gasteiger partial charge in [-0.1, -0.05) is 0 Å². The number of amides is 1. The fourth-order valence-corrected chi connectivity index (χ4v) is 3.38. The molecule has 1 aromatic heterocycles. The molecule has 1 aromatic rings. The van der Waals surface area contributed by atoms with Crippen LogP contribution in [-0.4, -0.2) is 56.7 Å². The van der Waals surface area contributed by atoms with Crippen molar-refractivity contribution in [2.75, 3.05) is 18.0 Å². The van der Waals surface area contributed by atoms with E-state index in [1.165, 1.54) is 12.4 Å². The molecule has 2 N–H and O–H groups in total. The third-order valence-corrected chi connectivity index (χ3v) is 4.36. The molecule has 0 radical (unpaired) electrons. The zero-order valence-corrected chi connectivity index (χ0v) is 12.6. The van der Waals surface area contributed by atoms with E-state index >= 15 is 0 Å². The van der Waals surface area contributed by atoms with Crippen molar-refractivity contribution in [1.82, 2.24) is 20.3 Å². The molecule has 2 fully saturated rings. The van der Waals surface area contributed by atoms with Gasteiger partial charge in [0, 0.05) is 43.1 Å². The van der Waals surface area contributed by atoms with Crippen molar-refractivity contribution in [3.63, 3.8) is 0 Å². The summed E-state index contributed by atoms with van der Waals surface area (Å²) in [5, 5.41) is 8.59. The lowest BCUT2D eigenvalue weighted by atomic mass is 10.0. The summed E-state index contributed by atoms with van der Waals surface area (Å²) in [5.41, 5.74) is 2.02. The van der Waals surface area contributed by atoms with Gasteiger partial charge in [0.1, 0.15) is 0 Å². The summed E-state index contributed by atoms with van der Waals surface area (Å²) in [6, 6.07) is 0.978. The minimum absolute atomic E-state index is 0.190. The number of fused-ring (bicyclic) bond motifs is 2. The van der Waals surface area contributed by atoms with Crippen molar-refractivity contribution in [1.29, 1.82) is 0 Å². The predicted octanol–water partition coefficient (Wildman–Crippen LogP) is 0.657. The zero-order valence-electron chi connectivity index (χ0n) is 12.6. The summed E-state index contributed by atoms with van der Waals surface area (Å²) in [7, 11) is 0. The van der Waals surface area contributed by atoms with Crippen LogP contribution in [0.15, 0.2) is 12.4 Å². The number of likely N-dealkylation sites (tertiary alicyclic amines) is 1. The first-order valence-corrected chi connectivity index (χ1v) is 7.20. The number of carbonyl (C=O) groups excluding carboxylic acids is 1. The van der Waals surface area contributed by atoms with E-state index < -0.39 is 5.91 Å². The van der Waals surface area contributed by atoms with E-state index in [2.05, 4.69) is 40.5 Å². The minimum Gasteiger partial charge on any atom is -0.335 e. The van der Waals surface area contributed by atoms with Gasteiger partial charge in [-0.25, -0.2) is 15.4 Å². The molecular weight excluding hydrogens is 270 g/mol. The molecule has 21 heavy (non-hydrogen) atoms. The van der Waals surface area contributed by atoms with E-state index in [4.69, 9.17) is 5.21 Å². The second kappa shape index (κ2) is 4.92. The molecule has 0 saturated carbocycles. The van der Waals surface area contributed by atoms with Gasteiger partial charge in [0.25, 0.3) is 5.91 Å². The molecule has 0 unspecified atom stereocenters. The van der Waals surface area contributed by atoms with Crippen LogP contribution in [0, 0.1) is 0 Å². The number of piperazine rings is 1. The van der Waals surface area contributed by atoms with Gasteiger partial charge in [-0.05, 0) is 27.2 Å². The largest absolute Gasteiger partial charge is 0.335 e.